The second-order valence-electron chi connectivity index (χ2n) is 9.06. The molecule has 1 atom stereocenters. The van der Waals surface area contributed by atoms with Crippen molar-refractivity contribution in [1.82, 2.24) is 14.7 Å². The van der Waals surface area contributed by atoms with Crippen LogP contribution in [0.4, 0.5) is 0 Å². The first-order valence-electron chi connectivity index (χ1n) is 11.4. The van der Waals surface area contributed by atoms with E-state index < -0.39 is 0 Å². The van der Waals surface area contributed by atoms with Crippen LogP contribution in [0.2, 0.25) is 0 Å². The van der Waals surface area contributed by atoms with Gasteiger partial charge < -0.3 is 14.4 Å². The quantitative estimate of drug-likeness (QED) is 0.779. The zero-order valence-corrected chi connectivity index (χ0v) is 17.4. The van der Waals surface area contributed by atoms with E-state index in [0.29, 0.717) is 24.7 Å². The second kappa shape index (κ2) is 8.52. The highest BCUT2D eigenvalue weighted by molar-refractivity contribution is 5.79. The van der Waals surface area contributed by atoms with Gasteiger partial charge in [-0.05, 0) is 43.4 Å². The van der Waals surface area contributed by atoms with Gasteiger partial charge in [-0.25, -0.2) is 0 Å². The van der Waals surface area contributed by atoms with Gasteiger partial charge in [-0.2, -0.15) is 0 Å². The van der Waals surface area contributed by atoms with Crippen LogP contribution in [-0.2, 0) is 11.3 Å². The number of likely N-dealkylation sites (tertiary alicyclic amines) is 1. The Bertz CT molecular complexity index is 726. The number of amides is 1. The van der Waals surface area contributed by atoms with E-state index in [4.69, 9.17) is 9.47 Å². The van der Waals surface area contributed by atoms with E-state index in [-0.39, 0.29) is 0 Å². The van der Waals surface area contributed by atoms with Gasteiger partial charge in [-0.1, -0.05) is 18.9 Å². The third kappa shape index (κ3) is 4.24. The minimum Gasteiger partial charge on any atom is -0.454 e. The van der Waals surface area contributed by atoms with Crippen LogP contribution in [0.5, 0.6) is 11.5 Å². The Morgan fingerprint density at radius 1 is 0.931 bits per heavy atom. The highest BCUT2D eigenvalue weighted by Crippen LogP contribution is 2.33. The normalized spacial score (nSPS) is 26.2. The molecule has 3 aliphatic heterocycles. The number of hydrogen-bond donors (Lipinski definition) is 0. The van der Waals surface area contributed by atoms with Gasteiger partial charge in [0.25, 0.3) is 0 Å². The maximum atomic E-state index is 12.8. The van der Waals surface area contributed by atoms with Crippen molar-refractivity contribution in [2.75, 3.05) is 46.1 Å². The number of carbonyl (C=O) groups excluding carboxylic acids is 1. The van der Waals surface area contributed by atoms with E-state index in [0.717, 1.165) is 76.6 Å². The number of hydrogen-bond acceptors (Lipinski definition) is 5. The van der Waals surface area contributed by atoms with Gasteiger partial charge in [0, 0.05) is 57.8 Å². The molecule has 0 aromatic heterocycles. The molecule has 0 spiro atoms. The molecule has 6 nitrogen and oxygen atoms in total. The molecule has 29 heavy (non-hydrogen) atoms. The van der Waals surface area contributed by atoms with Crippen LogP contribution in [0, 0.1) is 5.92 Å². The smallest absolute Gasteiger partial charge is 0.231 e. The predicted molar refractivity (Wildman–Crippen MR) is 111 cm³/mol. The fourth-order valence-corrected chi connectivity index (χ4v) is 5.47. The Morgan fingerprint density at radius 2 is 1.72 bits per heavy atom. The lowest BCUT2D eigenvalue weighted by Gasteiger charge is -2.43. The number of nitrogens with zero attached hydrogens (tertiary/aromatic N) is 3. The molecule has 4 aliphatic rings. The SMILES string of the molecule is O=C(C1CCCC1)N1CCC[C@H](N2CCN(Cc3ccc4c(c3)OCO4)CC2)C1. The van der Waals surface area contributed by atoms with E-state index in [1.165, 1.54) is 24.8 Å². The van der Waals surface area contributed by atoms with Crippen molar-refractivity contribution < 1.29 is 14.3 Å². The zero-order chi connectivity index (χ0) is 19.6. The first-order chi connectivity index (χ1) is 14.3. The van der Waals surface area contributed by atoms with Crippen LogP contribution in [0.25, 0.3) is 0 Å². The molecule has 0 N–H and O–H groups in total. The molecule has 0 radical (unpaired) electrons. The molecule has 0 bridgehead atoms. The summed E-state index contributed by atoms with van der Waals surface area (Å²) in [5.74, 6) is 2.48. The third-order valence-corrected chi connectivity index (χ3v) is 7.18. The number of piperazine rings is 1. The van der Waals surface area contributed by atoms with E-state index >= 15 is 0 Å². The first kappa shape index (κ1) is 19.2. The molecule has 1 aliphatic carbocycles. The fraction of sp³-hybridized carbons (Fsp3) is 0.696. The Balaban J connectivity index is 1.12. The van der Waals surface area contributed by atoms with Gasteiger partial charge in [0.05, 0.1) is 0 Å². The van der Waals surface area contributed by atoms with Crippen molar-refractivity contribution >= 4 is 5.91 Å². The average molecular weight is 400 g/mol. The molecule has 1 aromatic carbocycles. The maximum Gasteiger partial charge on any atom is 0.231 e. The maximum absolute atomic E-state index is 12.8. The van der Waals surface area contributed by atoms with Gasteiger partial charge in [-0.15, -0.1) is 0 Å². The monoisotopic (exact) mass is 399 g/mol. The summed E-state index contributed by atoms with van der Waals surface area (Å²) < 4.78 is 10.9. The van der Waals surface area contributed by atoms with Gasteiger partial charge in [-0.3, -0.25) is 14.6 Å². The third-order valence-electron chi connectivity index (χ3n) is 7.18. The second-order valence-corrected chi connectivity index (χ2v) is 9.06. The molecule has 5 rings (SSSR count). The average Bonchev–Trinajstić information content (AvgIpc) is 3.46. The summed E-state index contributed by atoms with van der Waals surface area (Å²) in [5.41, 5.74) is 1.29. The van der Waals surface area contributed by atoms with Crippen molar-refractivity contribution in [2.24, 2.45) is 5.92 Å². The summed E-state index contributed by atoms with van der Waals surface area (Å²) in [6, 6.07) is 6.82. The highest BCUT2D eigenvalue weighted by atomic mass is 16.7. The molecule has 1 saturated carbocycles. The van der Waals surface area contributed by atoms with E-state index in [1.807, 2.05) is 6.07 Å². The number of benzene rings is 1. The van der Waals surface area contributed by atoms with E-state index in [1.54, 1.807) is 0 Å². The Kier molecular flexibility index (Phi) is 5.64. The van der Waals surface area contributed by atoms with E-state index in [2.05, 4.69) is 26.8 Å². The van der Waals surface area contributed by atoms with Crippen LogP contribution in [0.1, 0.15) is 44.1 Å². The molecule has 2 saturated heterocycles. The lowest BCUT2D eigenvalue weighted by Crippen LogP contribution is -2.56. The molecular formula is C23H33N3O3. The van der Waals surface area contributed by atoms with Crippen LogP contribution in [-0.4, -0.2) is 72.7 Å². The van der Waals surface area contributed by atoms with Crippen LogP contribution < -0.4 is 9.47 Å². The standard InChI is InChI=1S/C23H33N3O3/c27-23(19-4-1-2-5-19)26-9-3-6-20(16-26)25-12-10-24(11-13-25)15-18-7-8-21-22(14-18)29-17-28-21/h7-8,14,19-20H,1-6,9-13,15-17H2/t20-/m0/s1. The topological polar surface area (TPSA) is 45.3 Å². The number of carbonyl (C=O) groups is 1. The minimum atomic E-state index is 0.312. The van der Waals surface area contributed by atoms with Crippen molar-refractivity contribution in [1.29, 1.82) is 0 Å². The summed E-state index contributed by atoms with van der Waals surface area (Å²) in [4.78, 5) is 20.2. The Morgan fingerprint density at radius 3 is 2.55 bits per heavy atom. The first-order valence-corrected chi connectivity index (χ1v) is 11.4. The molecule has 3 fully saturated rings. The van der Waals surface area contributed by atoms with E-state index in [9.17, 15) is 4.79 Å². The number of ether oxygens (including phenoxy) is 2. The lowest BCUT2D eigenvalue weighted by atomic mass is 9.99. The summed E-state index contributed by atoms with van der Waals surface area (Å²) in [6.07, 6.45) is 7.08. The summed E-state index contributed by atoms with van der Waals surface area (Å²) >= 11 is 0. The van der Waals surface area contributed by atoms with Crippen LogP contribution >= 0.6 is 0 Å². The molecular weight excluding hydrogens is 366 g/mol. The van der Waals surface area contributed by atoms with Crippen molar-refractivity contribution in [3.8, 4) is 11.5 Å². The van der Waals surface area contributed by atoms with Gasteiger partial charge in [0.15, 0.2) is 11.5 Å². The molecule has 1 aromatic rings. The Hall–Kier alpha value is -1.79. The number of rotatable bonds is 4. The number of piperidine rings is 1. The van der Waals surface area contributed by atoms with Crippen LogP contribution in [0.15, 0.2) is 18.2 Å². The molecule has 158 valence electrons. The molecule has 3 heterocycles. The summed E-state index contributed by atoms with van der Waals surface area (Å²) in [7, 11) is 0. The van der Waals surface area contributed by atoms with Crippen molar-refractivity contribution in [3.63, 3.8) is 0 Å². The van der Waals surface area contributed by atoms with Crippen LogP contribution in [0.3, 0.4) is 0 Å². The largest absolute Gasteiger partial charge is 0.454 e. The minimum absolute atomic E-state index is 0.312. The fourth-order valence-electron chi connectivity index (χ4n) is 5.47. The lowest BCUT2D eigenvalue weighted by molar-refractivity contribution is -0.137. The zero-order valence-electron chi connectivity index (χ0n) is 17.4. The molecule has 0 unspecified atom stereocenters. The summed E-state index contributed by atoms with van der Waals surface area (Å²) in [5, 5.41) is 0. The van der Waals surface area contributed by atoms with Crippen molar-refractivity contribution in [2.45, 2.75) is 51.1 Å². The molecule has 6 heteroatoms. The Labute approximate surface area is 173 Å². The van der Waals surface area contributed by atoms with Gasteiger partial charge in [0.2, 0.25) is 12.7 Å². The number of fused-ring (bicyclic) bond motifs is 1. The molecule has 1 amide bonds. The summed E-state index contributed by atoms with van der Waals surface area (Å²) in [6.45, 7) is 7.57. The van der Waals surface area contributed by atoms with Crippen molar-refractivity contribution in [3.05, 3.63) is 23.8 Å². The highest BCUT2D eigenvalue weighted by Gasteiger charge is 2.33. The predicted octanol–water partition coefficient (Wildman–Crippen LogP) is 2.71. The van der Waals surface area contributed by atoms with Gasteiger partial charge >= 0.3 is 0 Å². The van der Waals surface area contributed by atoms with Gasteiger partial charge in [0.1, 0.15) is 0 Å².